The van der Waals surface area contributed by atoms with Crippen LogP contribution in [0.4, 0.5) is 10.2 Å². The number of rotatable bonds is 6. The van der Waals surface area contributed by atoms with Crippen LogP contribution >= 0.6 is 11.6 Å². The van der Waals surface area contributed by atoms with Gasteiger partial charge in [0, 0.05) is 53.1 Å². The Bertz CT molecular complexity index is 1740. The molecule has 43 heavy (non-hydrogen) atoms. The number of likely N-dealkylation sites (tertiary alicyclic amines) is 1. The number of carbonyl (C=O) groups is 1. The van der Waals surface area contributed by atoms with E-state index in [0.29, 0.717) is 36.5 Å². The first-order valence-corrected chi connectivity index (χ1v) is 15.1. The van der Waals surface area contributed by atoms with Crippen molar-refractivity contribution in [2.24, 2.45) is 0 Å². The number of H-pyrrole nitrogens is 1. The molecule has 1 N–H and O–H groups in total. The third kappa shape index (κ3) is 5.10. The fourth-order valence-electron chi connectivity index (χ4n) is 6.58. The Hall–Kier alpha value is -3.76. The van der Waals surface area contributed by atoms with E-state index in [1.165, 1.54) is 6.08 Å². The van der Waals surface area contributed by atoms with Crippen molar-refractivity contribution in [3.63, 3.8) is 0 Å². The largest absolute Gasteiger partial charge is 0.462 e. The van der Waals surface area contributed by atoms with E-state index in [9.17, 15) is 4.79 Å². The van der Waals surface area contributed by atoms with Gasteiger partial charge < -0.3 is 19.4 Å². The summed E-state index contributed by atoms with van der Waals surface area (Å²) < 4.78 is 23.1. The van der Waals surface area contributed by atoms with Crippen LogP contribution in [-0.2, 0) is 4.79 Å². The highest BCUT2D eigenvalue weighted by Gasteiger charge is 2.34. The van der Waals surface area contributed by atoms with Crippen molar-refractivity contribution in [3.05, 3.63) is 53.0 Å². The summed E-state index contributed by atoms with van der Waals surface area (Å²) in [6.07, 6.45) is 3.46. The van der Waals surface area contributed by atoms with Crippen LogP contribution in [0.25, 0.3) is 32.9 Å². The average Bonchev–Trinajstić information content (AvgIpc) is 3.58. The maximum absolute atomic E-state index is 16.9. The Balaban J connectivity index is 1.52. The van der Waals surface area contributed by atoms with Crippen LogP contribution in [0.15, 0.2) is 30.9 Å². The predicted octanol–water partition coefficient (Wildman–Crippen LogP) is 5.67. The number of halogens is 2. The molecule has 11 heteroatoms. The van der Waals surface area contributed by atoms with Crippen LogP contribution in [0, 0.1) is 19.7 Å². The minimum atomic E-state index is -0.536. The van der Waals surface area contributed by atoms with Crippen LogP contribution in [0.1, 0.15) is 37.9 Å². The smallest absolute Gasteiger partial charge is 0.319 e. The van der Waals surface area contributed by atoms with Crippen molar-refractivity contribution in [1.82, 2.24) is 30.0 Å². The van der Waals surface area contributed by atoms with Crippen LogP contribution in [0.2, 0.25) is 5.02 Å². The molecule has 6 rings (SSSR count). The number of carbonyl (C=O) groups excluding carboxylic acids is 1. The van der Waals surface area contributed by atoms with Gasteiger partial charge in [0.1, 0.15) is 17.9 Å². The molecule has 2 aliphatic heterocycles. The van der Waals surface area contributed by atoms with Crippen molar-refractivity contribution < 1.29 is 13.9 Å². The third-order valence-electron chi connectivity index (χ3n) is 9.00. The fraction of sp³-hybridized carbons (Fsp3) is 0.438. The molecule has 0 spiro atoms. The highest BCUT2D eigenvalue weighted by molar-refractivity contribution is 6.35. The first kappa shape index (κ1) is 29.3. The van der Waals surface area contributed by atoms with Gasteiger partial charge in [0.25, 0.3) is 0 Å². The van der Waals surface area contributed by atoms with E-state index in [1.807, 2.05) is 39.8 Å². The zero-order valence-corrected chi connectivity index (χ0v) is 26.0. The molecule has 1 amide bonds. The molecule has 2 aromatic carbocycles. The first-order valence-electron chi connectivity index (χ1n) is 14.8. The molecule has 0 bridgehead atoms. The second-order valence-electron chi connectivity index (χ2n) is 11.9. The van der Waals surface area contributed by atoms with E-state index in [2.05, 4.69) is 38.6 Å². The lowest BCUT2D eigenvalue weighted by Crippen LogP contribution is -2.58. The fourth-order valence-corrected chi connectivity index (χ4v) is 6.86. The molecule has 2 aromatic heterocycles. The van der Waals surface area contributed by atoms with Crippen molar-refractivity contribution in [3.8, 4) is 17.1 Å². The topological polar surface area (TPSA) is 90.5 Å². The Morgan fingerprint density at radius 3 is 2.72 bits per heavy atom. The summed E-state index contributed by atoms with van der Waals surface area (Å²) in [5.74, 6) is -0.118. The van der Waals surface area contributed by atoms with E-state index >= 15 is 4.39 Å². The van der Waals surface area contributed by atoms with Crippen molar-refractivity contribution in [1.29, 1.82) is 0 Å². The summed E-state index contributed by atoms with van der Waals surface area (Å²) in [5.41, 5.74) is 3.53. The lowest BCUT2D eigenvalue weighted by atomic mass is 9.94. The normalized spacial score (nSPS) is 21.2. The van der Waals surface area contributed by atoms with E-state index in [0.717, 1.165) is 41.5 Å². The van der Waals surface area contributed by atoms with Gasteiger partial charge >= 0.3 is 6.01 Å². The van der Waals surface area contributed by atoms with Gasteiger partial charge in [-0.2, -0.15) is 15.1 Å². The molecule has 0 aliphatic carbocycles. The zero-order valence-electron chi connectivity index (χ0n) is 25.2. The number of amides is 1. The maximum atomic E-state index is 16.9. The van der Waals surface area contributed by atoms with Gasteiger partial charge in [-0.25, -0.2) is 4.39 Å². The number of aromatic nitrogens is 4. The summed E-state index contributed by atoms with van der Waals surface area (Å²) in [4.78, 5) is 28.2. The van der Waals surface area contributed by atoms with Crippen molar-refractivity contribution >= 4 is 45.1 Å². The predicted molar refractivity (Wildman–Crippen MR) is 168 cm³/mol. The summed E-state index contributed by atoms with van der Waals surface area (Å²) in [5, 5.41) is 8.96. The van der Waals surface area contributed by atoms with E-state index in [1.54, 1.807) is 11.0 Å². The third-order valence-corrected chi connectivity index (χ3v) is 9.30. The molecule has 9 nitrogen and oxygen atoms in total. The molecule has 2 fully saturated rings. The summed E-state index contributed by atoms with van der Waals surface area (Å²) in [6.45, 7) is 13.9. The van der Waals surface area contributed by atoms with Crippen molar-refractivity contribution in [2.75, 3.05) is 38.2 Å². The number of anilines is 1. The Labute approximate surface area is 255 Å². The Kier molecular flexibility index (Phi) is 7.76. The second-order valence-corrected chi connectivity index (χ2v) is 12.3. The molecule has 2 aliphatic rings. The molecule has 3 atom stereocenters. The monoisotopic (exact) mass is 605 g/mol. The van der Waals surface area contributed by atoms with E-state index < -0.39 is 5.82 Å². The van der Waals surface area contributed by atoms with Gasteiger partial charge in [-0.05, 0) is 77.9 Å². The summed E-state index contributed by atoms with van der Waals surface area (Å²) in [7, 11) is 2.08. The molecule has 1 unspecified atom stereocenters. The lowest BCUT2D eigenvalue weighted by Gasteiger charge is -2.44. The van der Waals surface area contributed by atoms with Crippen LogP contribution in [0.3, 0.4) is 0 Å². The Morgan fingerprint density at radius 2 is 2.00 bits per heavy atom. The van der Waals surface area contributed by atoms with Gasteiger partial charge in [-0.15, -0.1) is 0 Å². The molecule has 4 aromatic rings. The van der Waals surface area contributed by atoms with Gasteiger partial charge in [0.2, 0.25) is 5.91 Å². The quantitative estimate of drug-likeness (QED) is 0.283. The molecule has 226 valence electrons. The van der Waals surface area contributed by atoms with E-state index in [4.69, 9.17) is 21.3 Å². The minimum absolute atomic E-state index is 0.113. The Morgan fingerprint density at radius 1 is 1.21 bits per heavy atom. The van der Waals surface area contributed by atoms with Gasteiger partial charge in [0.05, 0.1) is 16.2 Å². The molecule has 4 heterocycles. The van der Waals surface area contributed by atoms with Gasteiger partial charge in [-0.3, -0.25) is 9.89 Å². The number of fused-ring (bicyclic) bond motifs is 2. The first-order chi connectivity index (χ1) is 20.6. The van der Waals surface area contributed by atoms with Gasteiger partial charge in [-0.1, -0.05) is 24.2 Å². The number of hydrogen-bond donors (Lipinski definition) is 1. The SMILES string of the molecule is C=CC(=O)N1C[C@H](C)N(c2nc(OCC3CCCN3C)nc3c(F)c(-c4c(C)ccc5[nH]nc(C)c45)c(Cl)cc23)C[C@H]1C. The average molecular weight is 606 g/mol. The lowest BCUT2D eigenvalue weighted by molar-refractivity contribution is -0.128. The number of nitrogens with zero attached hydrogens (tertiary/aromatic N) is 6. The standard InChI is InChI=1S/C32H37ClFN7O2/c1-7-25(42)40-14-19(4)41(15-18(40)3)31-22-13-23(33)28(26-17(2)10-11-24-27(26)20(5)37-38-24)29(34)30(22)35-32(36-31)43-16-21-9-8-12-39(21)6/h7,10-11,13,18-19,21H,1,8-9,12,14-16H2,2-6H3,(H,37,38)/t18-,19+,21?/m1/s1. The molecule has 0 saturated carbocycles. The number of likely N-dealkylation sites (N-methyl/N-ethyl adjacent to an activating group) is 1. The summed E-state index contributed by atoms with van der Waals surface area (Å²) >= 11 is 6.95. The molecule has 0 radical (unpaired) electrons. The molecular formula is C32H37ClFN7O2. The highest BCUT2D eigenvalue weighted by atomic mass is 35.5. The van der Waals surface area contributed by atoms with Gasteiger partial charge in [0.15, 0.2) is 5.82 Å². The molecular weight excluding hydrogens is 569 g/mol. The van der Waals surface area contributed by atoms with E-state index in [-0.39, 0.29) is 46.1 Å². The maximum Gasteiger partial charge on any atom is 0.319 e. The van der Waals surface area contributed by atoms with Crippen molar-refractivity contribution in [2.45, 2.75) is 58.7 Å². The number of aromatic amines is 1. The zero-order chi connectivity index (χ0) is 30.6. The van der Waals surface area contributed by atoms with Crippen LogP contribution in [0.5, 0.6) is 6.01 Å². The number of hydrogen-bond acceptors (Lipinski definition) is 7. The number of benzene rings is 2. The number of piperazine rings is 1. The second kappa shape index (κ2) is 11.4. The highest BCUT2D eigenvalue weighted by Crippen LogP contribution is 2.43. The number of aryl methyl sites for hydroxylation is 2. The molecule has 2 saturated heterocycles. The number of nitrogens with one attached hydrogen (secondary N) is 1. The summed E-state index contributed by atoms with van der Waals surface area (Å²) in [6, 6.07) is 5.75. The number of ether oxygens (including phenoxy) is 1. The van der Waals surface area contributed by atoms with Crippen LogP contribution in [-0.4, -0.2) is 87.3 Å². The van der Waals surface area contributed by atoms with Crippen LogP contribution < -0.4 is 9.64 Å². The minimum Gasteiger partial charge on any atom is -0.462 e.